The molecule has 1 aliphatic heterocycles. The third-order valence-electron chi connectivity index (χ3n) is 3.84. The average molecular weight is 245 g/mol. The number of aliphatic imine (C=N–C) groups is 1. The predicted molar refractivity (Wildman–Crippen MR) is 64.2 cm³/mol. The first-order valence-corrected chi connectivity index (χ1v) is 6.47. The number of nitrogens with zero attached hydrogens (tertiary/aromatic N) is 2. The number of nitrogens with two attached hydrogens (primary N) is 1. The van der Waals surface area contributed by atoms with Gasteiger partial charge in [0.15, 0.2) is 5.96 Å². The number of guanidine groups is 1. The standard InChI is InChI=1S/C12H21F2N3/c13-10(14)12(5-6-12)9-16-11(15)17-7-3-1-2-4-8-17/h10H,1-9H2,(H2,15,16). The van der Waals surface area contributed by atoms with Crippen LogP contribution in [0.1, 0.15) is 38.5 Å². The predicted octanol–water partition coefficient (Wildman–Crippen LogP) is 2.22. The molecular weight excluding hydrogens is 224 g/mol. The molecule has 0 bridgehead atoms. The smallest absolute Gasteiger partial charge is 0.245 e. The van der Waals surface area contributed by atoms with Gasteiger partial charge in [-0.15, -0.1) is 0 Å². The highest BCUT2D eigenvalue weighted by Gasteiger charge is 2.50. The van der Waals surface area contributed by atoms with E-state index in [0.29, 0.717) is 18.8 Å². The Morgan fingerprint density at radius 1 is 1.18 bits per heavy atom. The molecule has 1 saturated heterocycles. The molecule has 0 radical (unpaired) electrons. The summed E-state index contributed by atoms with van der Waals surface area (Å²) in [5.41, 5.74) is 5.03. The molecule has 2 aliphatic rings. The molecule has 0 aromatic carbocycles. The molecule has 17 heavy (non-hydrogen) atoms. The molecule has 1 saturated carbocycles. The Kier molecular flexibility index (Phi) is 3.84. The van der Waals surface area contributed by atoms with Crippen molar-refractivity contribution in [3.05, 3.63) is 0 Å². The first-order valence-electron chi connectivity index (χ1n) is 6.47. The van der Waals surface area contributed by atoms with Crippen LogP contribution in [0.5, 0.6) is 0 Å². The minimum atomic E-state index is -2.26. The van der Waals surface area contributed by atoms with Crippen molar-refractivity contribution in [3.63, 3.8) is 0 Å². The number of hydrogen-bond donors (Lipinski definition) is 1. The average Bonchev–Trinajstić information content (AvgIpc) is 3.11. The van der Waals surface area contributed by atoms with Gasteiger partial charge in [-0.2, -0.15) is 0 Å². The first-order chi connectivity index (χ1) is 8.14. The summed E-state index contributed by atoms with van der Waals surface area (Å²) in [5, 5.41) is 0. The van der Waals surface area contributed by atoms with Crippen LogP contribution in [-0.2, 0) is 0 Å². The summed E-state index contributed by atoms with van der Waals surface area (Å²) in [7, 11) is 0. The van der Waals surface area contributed by atoms with Crippen LogP contribution in [0, 0.1) is 5.41 Å². The van der Waals surface area contributed by atoms with Crippen LogP contribution >= 0.6 is 0 Å². The van der Waals surface area contributed by atoms with E-state index in [4.69, 9.17) is 5.73 Å². The first kappa shape index (κ1) is 12.6. The summed E-state index contributed by atoms with van der Waals surface area (Å²) in [6.07, 6.45) is 3.60. The lowest BCUT2D eigenvalue weighted by molar-refractivity contribution is 0.0666. The Hall–Kier alpha value is -0.870. The third kappa shape index (κ3) is 3.07. The van der Waals surface area contributed by atoms with Crippen molar-refractivity contribution in [1.82, 2.24) is 4.90 Å². The van der Waals surface area contributed by atoms with E-state index in [1.54, 1.807) is 0 Å². The van der Waals surface area contributed by atoms with Crippen LogP contribution < -0.4 is 5.73 Å². The third-order valence-corrected chi connectivity index (χ3v) is 3.84. The number of alkyl halides is 2. The quantitative estimate of drug-likeness (QED) is 0.612. The lowest BCUT2D eigenvalue weighted by Gasteiger charge is -2.22. The van der Waals surface area contributed by atoms with Gasteiger partial charge in [-0.05, 0) is 25.7 Å². The minimum Gasteiger partial charge on any atom is -0.370 e. The van der Waals surface area contributed by atoms with Crippen molar-refractivity contribution in [2.75, 3.05) is 19.6 Å². The van der Waals surface area contributed by atoms with E-state index in [9.17, 15) is 8.78 Å². The van der Waals surface area contributed by atoms with E-state index in [2.05, 4.69) is 4.99 Å². The zero-order valence-corrected chi connectivity index (χ0v) is 10.2. The van der Waals surface area contributed by atoms with Gasteiger partial charge in [-0.25, -0.2) is 8.78 Å². The maximum absolute atomic E-state index is 12.7. The van der Waals surface area contributed by atoms with Crippen LogP contribution in [0.2, 0.25) is 0 Å². The molecule has 0 aromatic heterocycles. The summed E-state index contributed by atoms with van der Waals surface area (Å²) < 4.78 is 25.4. The normalized spacial score (nSPS) is 24.9. The minimum absolute atomic E-state index is 0.188. The molecule has 98 valence electrons. The van der Waals surface area contributed by atoms with Crippen molar-refractivity contribution in [1.29, 1.82) is 0 Å². The summed E-state index contributed by atoms with van der Waals surface area (Å²) in [4.78, 5) is 6.22. The van der Waals surface area contributed by atoms with Crippen molar-refractivity contribution in [2.24, 2.45) is 16.1 Å². The SMILES string of the molecule is NC(=NCC1(C(F)F)CC1)N1CCCCCC1. The lowest BCUT2D eigenvalue weighted by atomic mass is 10.1. The second kappa shape index (κ2) is 5.19. The van der Waals surface area contributed by atoms with E-state index in [0.717, 1.165) is 25.9 Å². The second-order valence-electron chi connectivity index (χ2n) is 5.24. The van der Waals surface area contributed by atoms with Crippen molar-refractivity contribution in [3.8, 4) is 0 Å². The molecule has 2 fully saturated rings. The summed E-state index contributed by atoms with van der Waals surface area (Å²) in [5.74, 6) is 0.457. The van der Waals surface area contributed by atoms with Gasteiger partial charge < -0.3 is 10.6 Å². The second-order valence-corrected chi connectivity index (χ2v) is 5.24. The van der Waals surface area contributed by atoms with Gasteiger partial charge in [0.2, 0.25) is 6.43 Å². The van der Waals surface area contributed by atoms with E-state index < -0.39 is 11.8 Å². The van der Waals surface area contributed by atoms with Gasteiger partial charge >= 0.3 is 0 Å². The Balaban J connectivity index is 1.87. The summed E-state index contributed by atoms with van der Waals surface area (Å²) >= 11 is 0. The molecular formula is C12H21F2N3. The summed E-state index contributed by atoms with van der Waals surface area (Å²) in [6.45, 7) is 2.01. The molecule has 1 aliphatic carbocycles. The molecule has 0 unspecified atom stereocenters. The largest absolute Gasteiger partial charge is 0.370 e. The van der Waals surface area contributed by atoms with E-state index >= 15 is 0 Å². The summed E-state index contributed by atoms with van der Waals surface area (Å²) in [6, 6.07) is 0. The van der Waals surface area contributed by atoms with Crippen LogP contribution in [-0.4, -0.2) is 36.9 Å². The monoisotopic (exact) mass is 245 g/mol. The van der Waals surface area contributed by atoms with Gasteiger partial charge in [-0.1, -0.05) is 12.8 Å². The molecule has 2 N–H and O–H groups in total. The molecule has 0 amide bonds. The fourth-order valence-electron chi connectivity index (χ4n) is 2.24. The van der Waals surface area contributed by atoms with E-state index in [1.165, 1.54) is 12.8 Å². The number of likely N-dealkylation sites (tertiary alicyclic amines) is 1. The molecule has 1 heterocycles. The van der Waals surface area contributed by atoms with Gasteiger partial charge in [-0.3, -0.25) is 4.99 Å². The highest BCUT2D eigenvalue weighted by atomic mass is 19.3. The van der Waals surface area contributed by atoms with E-state index in [-0.39, 0.29) is 6.54 Å². The van der Waals surface area contributed by atoms with Crippen molar-refractivity contribution < 1.29 is 8.78 Å². The number of rotatable bonds is 3. The zero-order valence-electron chi connectivity index (χ0n) is 10.2. The Morgan fingerprint density at radius 2 is 1.76 bits per heavy atom. The zero-order chi connectivity index (χ0) is 12.3. The van der Waals surface area contributed by atoms with Gasteiger partial charge in [0.05, 0.1) is 12.0 Å². The van der Waals surface area contributed by atoms with Crippen molar-refractivity contribution in [2.45, 2.75) is 45.0 Å². The van der Waals surface area contributed by atoms with Gasteiger partial charge in [0.25, 0.3) is 0 Å². The Labute approximate surface area is 101 Å². The van der Waals surface area contributed by atoms with Gasteiger partial charge in [0.1, 0.15) is 0 Å². The van der Waals surface area contributed by atoms with Crippen LogP contribution in [0.15, 0.2) is 4.99 Å². The Morgan fingerprint density at radius 3 is 2.24 bits per heavy atom. The molecule has 2 rings (SSSR count). The highest BCUT2D eigenvalue weighted by Crippen LogP contribution is 2.50. The molecule has 0 spiro atoms. The topological polar surface area (TPSA) is 41.6 Å². The molecule has 0 aromatic rings. The van der Waals surface area contributed by atoms with Crippen LogP contribution in [0.25, 0.3) is 0 Å². The number of halogens is 2. The van der Waals surface area contributed by atoms with Crippen molar-refractivity contribution >= 4 is 5.96 Å². The highest BCUT2D eigenvalue weighted by molar-refractivity contribution is 5.78. The lowest BCUT2D eigenvalue weighted by Crippen LogP contribution is -2.38. The fraction of sp³-hybridized carbons (Fsp3) is 0.917. The van der Waals surface area contributed by atoms with E-state index in [1.807, 2.05) is 4.90 Å². The molecule has 0 atom stereocenters. The molecule has 5 heteroatoms. The van der Waals surface area contributed by atoms with Crippen LogP contribution in [0.4, 0.5) is 8.78 Å². The van der Waals surface area contributed by atoms with Gasteiger partial charge in [0, 0.05) is 13.1 Å². The Bertz CT molecular complexity index is 279. The maximum Gasteiger partial charge on any atom is 0.245 e. The molecule has 3 nitrogen and oxygen atoms in total. The number of hydrogen-bond acceptors (Lipinski definition) is 1. The van der Waals surface area contributed by atoms with Crippen LogP contribution in [0.3, 0.4) is 0 Å². The fourth-order valence-corrected chi connectivity index (χ4v) is 2.24. The maximum atomic E-state index is 12.7.